The van der Waals surface area contributed by atoms with E-state index in [1.807, 2.05) is 0 Å². The van der Waals surface area contributed by atoms with E-state index >= 15 is 0 Å². The average Bonchev–Trinajstić information content (AvgIpc) is 2.12. The fraction of sp³-hybridized carbons (Fsp3) is 0.222. The van der Waals surface area contributed by atoms with Crippen molar-refractivity contribution in [3.05, 3.63) is 28.8 Å². The first-order valence-electron chi connectivity index (χ1n) is 4.23. The third-order valence-electron chi connectivity index (χ3n) is 2.05. The lowest BCUT2D eigenvalue weighted by atomic mass is 10.0. The van der Waals surface area contributed by atoms with E-state index in [1.54, 1.807) is 0 Å². The molecule has 2 nitrogen and oxygen atoms in total. The molecule has 9 heteroatoms. The van der Waals surface area contributed by atoms with Crippen molar-refractivity contribution in [1.82, 2.24) is 0 Å². The van der Waals surface area contributed by atoms with Gasteiger partial charge in [0.2, 0.25) is 0 Å². The first-order valence-corrected chi connectivity index (χ1v) is 4.60. The first kappa shape index (κ1) is 14.6. The largest absolute Gasteiger partial charge is 0.418 e. The zero-order valence-corrected chi connectivity index (χ0v) is 9.04. The number of anilines is 1. The quantitative estimate of drug-likeness (QED) is 0.487. The monoisotopic (exact) mass is 291 g/mol. The van der Waals surface area contributed by atoms with Gasteiger partial charge in [0.15, 0.2) is 0 Å². The molecule has 0 bridgehead atoms. The maximum atomic E-state index is 12.5. The lowest BCUT2D eigenvalue weighted by Gasteiger charge is -2.16. The number of halogens is 7. The summed E-state index contributed by atoms with van der Waals surface area (Å²) in [5.41, 5.74) is -0.929. The average molecular weight is 292 g/mol. The van der Waals surface area contributed by atoms with E-state index in [0.29, 0.717) is 0 Å². The predicted molar refractivity (Wildman–Crippen MR) is 51.0 cm³/mol. The van der Waals surface area contributed by atoms with Crippen LogP contribution in [-0.4, -0.2) is 5.24 Å². The van der Waals surface area contributed by atoms with Crippen LogP contribution in [0.5, 0.6) is 0 Å². The van der Waals surface area contributed by atoms with E-state index in [4.69, 9.17) is 17.3 Å². The van der Waals surface area contributed by atoms with Crippen LogP contribution in [-0.2, 0) is 12.4 Å². The molecule has 0 atom stereocenters. The van der Waals surface area contributed by atoms with E-state index < -0.39 is 40.0 Å². The summed E-state index contributed by atoms with van der Waals surface area (Å²) in [5.74, 6) is 0. The molecule has 100 valence electrons. The Morgan fingerprint density at radius 3 is 1.72 bits per heavy atom. The lowest BCUT2D eigenvalue weighted by Crippen LogP contribution is -2.18. The Hall–Kier alpha value is -1.44. The Bertz CT molecular complexity index is 493. The third-order valence-corrected chi connectivity index (χ3v) is 2.24. The van der Waals surface area contributed by atoms with Crippen molar-refractivity contribution in [2.45, 2.75) is 12.4 Å². The number of hydrogen-bond donors (Lipinski definition) is 1. The Morgan fingerprint density at radius 2 is 1.39 bits per heavy atom. The second kappa shape index (κ2) is 4.34. The van der Waals surface area contributed by atoms with Crippen LogP contribution >= 0.6 is 11.6 Å². The van der Waals surface area contributed by atoms with Gasteiger partial charge in [-0.3, -0.25) is 4.79 Å². The Labute approximate surface area is 101 Å². The standard InChI is InChI=1S/C9H4ClF6NO/c10-7(18)5-3(8(11,12)13)1-2-4(6(5)17)9(14,15)16/h1-2H,17H2. The Balaban J connectivity index is 3.64. The number of carbonyl (C=O) groups is 1. The van der Waals surface area contributed by atoms with Crippen LogP contribution < -0.4 is 5.73 Å². The molecular weight excluding hydrogens is 288 g/mol. The minimum atomic E-state index is -5.03. The molecule has 1 rings (SSSR count). The minimum absolute atomic E-state index is 0.120. The molecule has 0 radical (unpaired) electrons. The van der Waals surface area contributed by atoms with E-state index in [1.165, 1.54) is 0 Å². The summed E-state index contributed by atoms with van der Waals surface area (Å²) in [6, 6.07) is 0.274. The zero-order valence-electron chi connectivity index (χ0n) is 8.29. The molecule has 0 spiro atoms. The SMILES string of the molecule is Nc1c(C(F)(F)F)ccc(C(F)(F)F)c1C(=O)Cl. The molecule has 0 fully saturated rings. The van der Waals surface area contributed by atoms with Gasteiger partial charge in [-0.05, 0) is 23.7 Å². The van der Waals surface area contributed by atoms with Gasteiger partial charge in [-0.1, -0.05) is 0 Å². The highest BCUT2D eigenvalue weighted by molar-refractivity contribution is 6.68. The third kappa shape index (κ3) is 2.69. The zero-order chi connectivity index (χ0) is 14.3. The molecule has 0 heterocycles. The topological polar surface area (TPSA) is 43.1 Å². The molecular formula is C9H4ClF6NO. The molecule has 0 aliphatic heterocycles. The van der Waals surface area contributed by atoms with Gasteiger partial charge in [-0.2, -0.15) is 26.3 Å². The second-order valence-corrected chi connectivity index (χ2v) is 3.56. The van der Waals surface area contributed by atoms with Gasteiger partial charge in [0.25, 0.3) is 5.24 Å². The highest BCUT2D eigenvalue weighted by Crippen LogP contribution is 2.41. The van der Waals surface area contributed by atoms with Gasteiger partial charge in [-0.15, -0.1) is 0 Å². The van der Waals surface area contributed by atoms with Gasteiger partial charge < -0.3 is 5.73 Å². The van der Waals surface area contributed by atoms with Crippen molar-refractivity contribution in [2.75, 3.05) is 5.73 Å². The van der Waals surface area contributed by atoms with Gasteiger partial charge in [-0.25, -0.2) is 0 Å². The highest BCUT2D eigenvalue weighted by atomic mass is 35.5. The molecule has 1 aromatic carbocycles. The molecule has 0 saturated carbocycles. The number of alkyl halides is 6. The van der Waals surface area contributed by atoms with E-state index in [2.05, 4.69) is 0 Å². The number of benzene rings is 1. The lowest BCUT2D eigenvalue weighted by molar-refractivity contribution is -0.141. The highest BCUT2D eigenvalue weighted by Gasteiger charge is 2.41. The smallest absolute Gasteiger partial charge is 0.398 e. The molecule has 18 heavy (non-hydrogen) atoms. The van der Waals surface area contributed by atoms with Crippen molar-refractivity contribution in [3.63, 3.8) is 0 Å². The maximum Gasteiger partial charge on any atom is 0.418 e. The van der Waals surface area contributed by atoms with Crippen molar-refractivity contribution < 1.29 is 31.1 Å². The molecule has 0 aromatic heterocycles. The second-order valence-electron chi connectivity index (χ2n) is 3.22. The summed E-state index contributed by atoms with van der Waals surface area (Å²) in [7, 11) is 0. The summed E-state index contributed by atoms with van der Waals surface area (Å²) < 4.78 is 74.6. The van der Waals surface area contributed by atoms with Crippen molar-refractivity contribution in [1.29, 1.82) is 0 Å². The minimum Gasteiger partial charge on any atom is -0.398 e. The number of nitrogen functional groups attached to an aromatic ring is 1. The maximum absolute atomic E-state index is 12.5. The summed E-state index contributed by atoms with van der Waals surface area (Å²) in [6.45, 7) is 0. The van der Waals surface area contributed by atoms with E-state index in [-0.39, 0.29) is 12.1 Å². The fourth-order valence-electron chi connectivity index (χ4n) is 1.31. The molecule has 0 unspecified atom stereocenters. The number of carbonyl (C=O) groups excluding carboxylic acids is 1. The van der Waals surface area contributed by atoms with Crippen LogP contribution in [0.4, 0.5) is 32.0 Å². The van der Waals surface area contributed by atoms with Gasteiger partial charge >= 0.3 is 12.4 Å². The van der Waals surface area contributed by atoms with Crippen LogP contribution in [0.2, 0.25) is 0 Å². The Kier molecular flexibility index (Phi) is 3.53. The van der Waals surface area contributed by atoms with E-state index in [9.17, 15) is 31.1 Å². The molecule has 2 N–H and O–H groups in total. The summed E-state index contributed by atoms with van der Waals surface area (Å²) >= 11 is 4.86. The predicted octanol–water partition coefficient (Wildman–Crippen LogP) is 3.69. The van der Waals surface area contributed by atoms with Gasteiger partial charge in [0.05, 0.1) is 22.4 Å². The number of rotatable bonds is 1. The molecule has 0 aliphatic rings. The van der Waals surface area contributed by atoms with Crippen LogP contribution in [0.1, 0.15) is 21.5 Å². The molecule has 0 aliphatic carbocycles. The van der Waals surface area contributed by atoms with Crippen LogP contribution in [0.3, 0.4) is 0 Å². The summed E-state index contributed by atoms with van der Waals surface area (Å²) in [6.07, 6.45) is -10.0. The first-order chi connectivity index (χ1) is 7.96. The normalized spacial score (nSPS) is 12.6. The van der Waals surface area contributed by atoms with Crippen molar-refractivity contribution >= 4 is 22.5 Å². The number of nitrogens with two attached hydrogens (primary N) is 1. The van der Waals surface area contributed by atoms with Gasteiger partial charge in [0.1, 0.15) is 0 Å². The van der Waals surface area contributed by atoms with E-state index in [0.717, 1.165) is 0 Å². The van der Waals surface area contributed by atoms with Crippen LogP contribution in [0, 0.1) is 0 Å². The van der Waals surface area contributed by atoms with Gasteiger partial charge in [0, 0.05) is 0 Å². The van der Waals surface area contributed by atoms with Crippen molar-refractivity contribution in [3.8, 4) is 0 Å². The fourth-order valence-corrected chi connectivity index (χ4v) is 1.52. The molecule has 0 saturated heterocycles. The number of hydrogen-bond acceptors (Lipinski definition) is 2. The Morgan fingerprint density at radius 1 is 1.00 bits per heavy atom. The van der Waals surface area contributed by atoms with Crippen LogP contribution in [0.15, 0.2) is 12.1 Å². The van der Waals surface area contributed by atoms with Crippen molar-refractivity contribution in [2.24, 2.45) is 0 Å². The summed E-state index contributed by atoms with van der Waals surface area (Å²) in [5, 5.41) is -1.70. The molecule has 0 amide bonds. The van der Waals surface area contributed by atoms with Crippen LogP contribution in [0.25, 0.3) is 0 Å². The molecule has 1 aromatic rings. The summed E-state index contributed by atoms with van der Waals surface area (Å²) in [4.78, 5) is 10.8.